The van der Waals surface area contributed by atoms with Gasteiger partial charge in [0.05, 0.1) is 17.9 Å². The van der Waals surface area contributed by atoms with Crippen molar-refractivity contribution in [3.8, 4) is 11.3 Å². The van der Waals surface area contributed by atoms with Crippen molar-refractivity contribution in [2.24, 2.45) is 5.92 Å². The van der Waals surface area contributed by atoms with E-state index in [9.17, 15) is 14.7 Å². The lowest BCUT2D eigenvalue weighted by Crippen LogP contribution is -2.39. The topological polar surface area (TPSA) is 90.7 Å². The number of fused-ring (bicyclic) bond motifs is 2. The van der Waals surface area contributed by atoms with Crippen LogP contribution in [0.4, 0.5) is 5.69 Å². The van der Waals surface area contributed by atoms with E-state index in [1.165, 1.54) is 24.0 Å². The van der Waals surface area contributed by atoms with Gasteiger partial charge in [-0.2, -0.15) is 5.10 Å². The highest BCUT2D eigenvalue weighted by atomic mass is 35.5. The highest BCUT2D eigenvalue weighted by molar-refractivity contribution is 6.30. The summed E-state index contributed by atoms with van der Waals surface area (Å²) in [6.45, 7) is 7.76. The maximum Gasteiger partial charge on any atom is 0.262 e. The summed E-state index contributed by atoms with van der Waals surface area (Å²) in [6.07, 6.45) is 3.87. The van der Waals surface area contributed by atoms with Crippen LogP contribution in [0.25, 0.3) is 11.3 Å². The summed E-state index contributed by atoms with van der Waals surface area (Å²) in [5.41, 5.74) is 5.97. The number of hydrogen-bond acceptors (Lipinski definition) is 5. The SMILES string of the molecule is CC.O=C(Cn1nc(-c2cccc(Cl)c2)c2c1CCN(c1ccc3c(c1)CN(CCO)CC3)C2=O)NCC1CC1. The zero-order chi connectivity index (χ0) is 28.2. The normalized spacial score (nSPS) is 16.6. The van der Waals surface area contributed by atoms with Crippen molar-refractivity contribution in [1.29, 1.82) is 0 Å². The van der Waals surface area contributed by atoms with E-state index in [4.69, 9.17) is 16.7 Å². The zero-order valence-electron chi connectivity index (χ0n) is 23.3. The Kier molecular flexibility index (Phi) is 8.88. The van der Waals surface area contributed by atoms with Gasteiger partial charge in [0.25, 0.3) is 5.91 Å². The third-order valence-corrected chi connectivity index (χ3v) is 8.01. The quantitative estimate of drug-likeness (QED) is 0.426. The second kappa shape index (κ2) is 12.5. The third kappa shape index (κ3) is 6.09. The van der Waals surface area contributed by atoms with Crippen LogP contribution in [0.15, 0.2) is 42.5 Å². The van der Waals surface area contributed by atoms with Gasteiger partial charge in [-0.05, 0) is 60.6 Å². The molecule has 0 radical (unpaired) electrons. The van der Waals surface area contributed by atoms with E-state index in [1.54, 1.807) is 10.7 Å². The van der Waals surface area contributed by atoms with Crippen molar-refractivity contribution in [2.75, 3.05) is 37.7 Å². The highest BCUT2D eigenvalue weighted by Gasteiger charge is 2.34. The first-order valence-corrected chi connectivity index (χ1v) is 14.8. The highest BCUT2D eigenvalue weighted by Crippen LogP contribution is 2.34. The Morgan fingerprint density at radius 1 is 1.10 bits per heavy atom. The number of aromatic nitrogens is 2. The van der Waals surface area contributed by atoms with Crippen LogP contribution in [0, 0.1) is 5.92 Å². The summed E-state index contributed by atoms with van der Waals surface area (Å²) < 4.78 is 1.70. The van der Waals surface area contributed by atoms with Crippen molar-refractivity contribution in [1.82, 2.24) is 20.0 Å². The van der Waals surface area contributed by atoms with Gasteiger partial charge in [0, 0.05) is 55.4 Å². The van der Waals surface area contributed by atoms with Crippen LogP contribution >= 0.6 is 11.6 Å². The number of benzene rings is 2. The number of carbonyl (C=O) groups is 2. The van der Waals surface area contributed by atoms with Gasteiger partial charge in [0.15, 0.2) is 0 Å². The van der Waals surface area contributed by atoms with Crippen LogP contribution in [0.3, 0.4) is 0 Å². The zero-order valence-corrected chi connectivity index (χ0v) is 24.1. The fraction of sp³-hybridized carbons (Fsp3) is 0.452. The van der Waals surface area contributed by atoms with Crippen LogP contribution in [-0.2, 0) is 30.7 Å². The Hall–Kier alpha value is -3.20. The van der Waals surface area contributed by atoms with Gasteiger partial charge in [-0.3, -0.25) is 19.2 Å². The Balaban J connectivity index is 0.00000158. The van der Waals surface area contributed by atoms with Crippen LogP contribution < -0.4 is 10.2 Å². The molecular formula is C31H38ClN5O3. The smallest absolute Gasteiger partial charge is 0.262 e. The molecule has 2 N–H and O–H groups in total. The lowest BCUT2D eigenvalue weighted by Gasteiger charge is -2.31. The van der Waals surface area contributed by atoms with Crippen LogP contribution in [0.1, 0.15) is 53.9 Å². The Labute approximate surface area is 240 Å². The van der Waals surface area contributed by atoms with E-state index < -0.39 is 0 Å². The van der Waals surface area contributed by atoms with Crippen molar-refractivity contribution in [2.45, 2.75) is 52.6 Å². The number of β-amino-alcohol motifs (C(OH)–C–C–N with tert-alkyl or cyclic N) is 1. The lowest BCUT2D eigenvalue weighted by molar-refractivity contribution is -0.121. The molecule has 0 unspecified atom stereocenters. The number of nitrogens with one attached hydrogen (secondary N) is 1. The molecule has 8 nitrogen and oxygen atoms in total. The van der Waals surface area contributed by atoms with Crippen LogP contribution in [0.2, 0.25) is 5.02 Å². The molecule has 40 heavy (non-hydrogen) atoms. The van der Waals surface area contributed by atoms with Crippen LogP contribution in [0.5, 0.6) is 0 Å². The summed E-state index contributed by atoms with van der Waals surface area (Å²) >= 11 is 6.29. The Morgan fingerprint density at radius 2 is 1.93 bits per heavy atom. The number of amides is 2. The Bertz CT molecular complexity index is 1380. The lowest BCUT2D eigenvalue weighted by atomic mass is 9.96. The molecule has 1 fully saturated rings. The standard InChI is InChI=1S/C29H32ClN5O3.C2H6/c30-23-3-1-2-21(14-23)28-27-25(35(32-28)18-26(37)31-16-19-4-5-19)9-11-34(29(27)38)24-7-6-20-8-10-33(12-13-36)17-22(20)15-24;1-2/h1-3,6-7,14-15,19,36H,4-5,8-13,16-18H2,(H,31,37);1-2H3. The van der Waals surface area contributed by atoms with Crippen molar-refractivity contribution in [3.63, 3.8) is 0 Å². The predicted molar refractivity (Wildman–Crippen MR) is 158 cm³/mol. The van der Waals surface area contributed by atoms with Gasteiger partial charge in [0.1, 0.15) is 12.2 Å². The number of aliphatic hydroxyl groups is 1. The van der Waals surface area contributed by atoms with Gasteiger partial charge < -0.3 is 15.3 Å². The summed E-state index contributed by atoms with van der Waals surface area (Å²) in [7, 11) is 0. The van der Waals surface area contributed by atoms with Crippen LogP contribution in [-0.4, -0.2) is 64.4 Å². The average molecular weight is 564 g/mol. The third-order valence-electron chi connectivity index (χ3n) is 7.77. The number of anilines is 1. The van der Waals surface area contributed by atoms with Crippen molar-refractivity contribution < 1.29 is 14.7 Å². The second-order valence-corrected chi connectivity index (χ2v) is 10.9. The summed E-state index contributed by atoms with van der Waals surface area (Å²) in [5.74, 6) is 0.390. The minimum atomic E-state index is -0.117. The summed E-state index contributed by atoms with van der Waals surface area (Å²) in [4.78, 5) is 30.8. The summed E-state index contributed by atoms with van der Waals surface area (Å²) in [6, 6.07) is 13.6. The van der Waals surface area contributed by atoms with E-state index in [0.29, 0.717) is 48.3 Å². The average Bonchev–Trinajstić information content (AvgIpc) is 3.73. The summed E-state index contributed by atoms with van der Waals surface area (Å²) in [5, 5.41) is 17.7. The molecule has 0 saturated heterocycles. The fourth-order valence-corrected chi connectivity index (χ4v) is 5.71. The van der Waals surface area contributed by atoms with Gasteiger partial charge >= 0.3 is 0 Å². The van der Waals surface area contributed by atoms with Gasteiger partial charge in [-0.1, -0.05) is 43.6 Å². The number of hydrogen-bond donors (Lipinski definition) is 2. The minimum absolute atomic E-state index is 0.0858. The maximum absolute atomic E-state index is 14.0. The number of aliphatic hydroxyl groups excluding tert-OH is 1. The second-order valence-electron chi connectivity index (χ2n) is 10.5. The number of rotatable bonds is 8. The van der Waals surface area contributed by atoms with E-state index >= 15 is 0 Å². The van der Waals surface area contributed by atoms with E-state index in [-0.39, 0.29) is 25.0 Å². The molecule has 2 aromatic carbocycles. The molecule has 0 bridgehead atoms. The maximum atomic E-state index is 14.0. The molecule has 3 aromatic rings. The molecule has 2 amide bonds. The molecule has 9 heteroatoms. The predicted octanol–water partition coefficient (Wildman–Crippen LogP) is 4.31. The minimum Gasteiger partial charge on any atom is -0.395 e. The van der Waals surface area contributed by atoms with E-state index in [0.717, 1.165) is 36.5 Å². The molecule has 212 valence electrons. The van der Waals surface area contributed by atoms with Gasteiger partial charge in [-0.25, -0.2) is 0 Å². The molecule has 1 aliphatic carbocycles. The monoisotopic (exact) mass is 563 g/mol. The van der Waals surface area contributed by atoms with E-state index in [2.05, 4.69) is 22.3 Å². The molecular weight excluding hydrogens is 526 g/mol. The fourth-order valence-electron chi connectivity index (χ4n) is 5.52. The van der Waals surface area contributed by atoms with Crippen molar-refractivity contribution >= 4 is 29.1 Å². The Morgan fingerprint density at radius 3 is 2.67 bits per heavy atom. The molecule has 6 rings (SSSR count). The molecule has 3 heterocycles. The molecule has 3 aliphatic rings. The number of carbonyl (C=O) groups excluding carboxylic acids is 2. The molecule has 0 spiro atoms. The van der Waals surface area contributed by atoms with Gasteiger partial charge in [0.2, 0.25) is 5.91 Å². The van der Waals surface area contributed by atoms with Gasteiger partial charge in [-0.15, -0.1) is 0 Å². The van der Waals surface area contributed by atoms with E-state index in [1.807, 2.05) is 43.0 Å². The first-order valence-electron chi connectivity index (χ1n) is 14.4. The first-order chi connectivity index (χ1) is 19.5. The number of halogens is 1. The molecule has 2 aliphatic heterocycles. The molecule has 1 aromatic heterocycles. The number of nitrogens with zero attached hydrogens (tertiary/aromatic N) is 4. The largest absolute Gasteiger partial charge is 0.395 e. The molecule has 0 atom stereocenters. The first kappa shape index (κ1) is 28.3. The van der Waals surface area contributed by atoms with Crippen molar-refractivity contribution in [3.05, 3.63) is 69.9 Å². The molecule has 1 saturated carbocycles.